The average molecular weight is 363 g/mol. The summed E-state index contributed by atoms with van der Waals surface area (Å²) in [4.78, 5) is 15.1. The van der Waals surface area contributed by atoms with Gasteiger partial charge in [0.2, 0.25) is 5.91 Å². The Hall–Kier alpha value is -1.06. The molecule has 2 atom stereocenters. The second kappa shape index (κ2) is 9.59. The van der Waals surface area contributed by atoms with Crippen LogP contribution in [0.5, 0.6) is 0 Å². The molecule has 4 heteroatoms. The summed E-state index contributed by atoms with van der Waals surface area (Å²) in [7, 11) is 0. The summed E-state index contributed by atoms with van der Waals surface area (Å²) in [6.45, 7) is 3.66. The zero-order valence-electron chi connectivity index (χ0n) is 15.2. The highest BCUT2D eigenvalue weighted by molar-refractivity contribution is 6.30. The Kier molecular flexibility index (Phi) is 7.18. The van der Waals surface area contributed by atoms with Crippen LogP contribution in [0, 0.1) is 5.92 Å². The van der Waals surface area contributed by atoms with Gasteiger partial charge in [0, 0.05) is 24.0 Å². The van der Waals surface area contributed by atoms with Crippen molar-refractivity contribution in [2.24, 2.45) is 5.92 Å². The lowest BCUT2D eigenvalue weighted by Crippen LogP contribution is -2.47. The van der Waals surface area contributed by atoms with Crippen LogP contribution in [-0.2, 0) is 11.2 Å². The summed E-state index contributed by atoms with van der Waals surface area (Å²) < 4.78 is 0. The van der Waals surface area contributed by atoms with Gasteiger partial charge in [-0.1, -0.05) is 43.0 Å². The second-order valence-electron chi connectivity index (χ2n) is 7.71. The third-order valence-corrected chi connectivity index (χ3v) is 6.00. The van der Waals surface area contributed by atoms with Gasteiger partial charge in [-0.25, -0.2) is 0 Å². The molecular weight excluding hydrogens is 332 g/mol. The third kappa shape index (κ3) is 6.00. The highest BCUT2D eigenvalue weighted by Gasteiger charge is 2.28. The maximum absolute atomic E-state index is 12.4. The number of benzene rings is 1. The van der Waals surface area contributed by atoms with Crippen molar-refractivity contribution in [3.05, 3.63) is 34.9 Å². The van der Waals surface area contributed by atoms with Crippen molar-refractivity contribution in [1.82, 2.24) is 10.2 Å². The molecule has 1 unspecified atom stereocenters. The van der Waals surface area contributed by atoms with E-state index in [9.17, 15) is 4.79 Å². The number of aryl methyl sites for hydroxylation is 1. The lowest BCUT2D eigenvalue weighted by molar-refractivity contribution is -0.122. The Bertz CT molecular complexity index is 539. The van der Waals surface area contributed by atoms with Gasteiger partial charge >= 0.3 is 0 Å². The number of piperidine rings is 1. The molecule has 2 fully saturated rings. The lowest BCUT2D eigenvalue weighted by Gasteiger charge is -2.37. The SMILES string of the molecule is O=C(CCc1ccc(Cl)cc1)NC1CCCC[C@H]1CN1CCCCC1. The van der Waals surface area contributed by atoms with E-state index in [1.807, 2.05) is 24.3 Å². The molecule has 1 aliphatic carbocycles. The standard InChI is InChI=1S/C21H31ClN2O/c22-19-11-8-17(9-12-19)10-13-21(25)23-20-7-3-2-6-18(20)16-24-14-4-1-5-15-24/h8-9,11-12,18,20H,1-7,10,13-16H2,(H,23,25)/t18-,20?/m0/s1. The van der Waals surface area contributed by atoms with Gasteiger partial charge in [-0.2, -0.15) is 0 Å². The first-order chi connectivity index (χ1) is 12.2. The summed E-state index contributed by atoms with van der Waals surface area (Å²) in [5.74, 6) is 0.830. The van der Waals surface area contributed by atoms with Crippen molar-refractivity contribution in [2.75, 3.05) is 19.6 Å². The van der Waals surface area contributed by atoms with E-state index in [-0.39, 0.29) is 5.91 Å². The zero-order chi connectivity index (χ0) is 17.5. The summed E-state index contributed by atoms with van der Waals surface area (Å²) in [5.41, 5.74) is 1.17. The number of likely N-dealkylation sites (tertiary alicyclic amines) is 1. The van der Waals surface area contributed by atoms with Gasteiger partial charge in [0.05, 0.1) is 0 Å². The number of amides is 1. The van der Waals surface area contributed by atoms with Crippen molar-refractivity contribution in [3.63, 3.8) is 0 Å². The quantitative estimate of drug-likeness (QED) is 0.811. The van der Waals surface area contributed by atoms with Gasteiger partial charge in [-0.15, -0.1) is 0 Å². The van der Waals surface area contributed by atoms with Crippen LogP contribution in [0.25, 0.3) is 0 Å². The molecule has 0 aromatic heterocycles. The minimum absolute atomic E-state index is 0.200. The van der Waals surface area contributed by atoms with E-state index < -0.39 is 0 Å². The Balaban J connectivity index is 1.46. The number of carbonyl (C=O) groups excluding carboxylic acids is 1. The summed E-state index contributed by atoms with van der Waals surface area (Å²) in [6.07, 6.45) is 10.4. The van der Waals surface area contributed by atoms with Gasteiger partial charge in [0.25, 0.3) is 0 Å². The maximum Gasteiger partial charge on any atom is 0.220 e. The van der Waals surface area contributed by atoms with Gasteiger partial charge < -0.3 is 10.2 Å². The monoisotopic (exact) mass is 362 g/mol. The molecule has 1 aromatic carbocycles. The minimum Gasteiger partial charge on any atom is -0.353 e. The molecule has 1 saturated heterocycles. The predicted octanol–water partition coefficient (Wildman–Crippen LogP) is 4.43. The lowest BCUT2D eigenvalue weighted by atomic mass is 9.83. The molecule has 1 amide bonds. The number of nitrogens with one attached hydrogen (secondary N) is 1. The van der Waals surface area contributed by atoms with E-state index in [4.69, 9.17) is 11.6 Å². The van der Waals surface area contributed by atoms with Crippen LogP contribution in [0.3, 0.4) is 0 Å². The number of carbonyl (C=O) groups is 1. The topological polar surface area (TPSA) is 32.3 Å². The van der Waals surface area contributed by atoms with E-state index in [1.165, 1.54) is 63.7 Å². The highest BCUT2D eigenvalue weighted by atomic mass is 35.5. The third-order valence-electron chi connectivity index (χ3n) is 5.75. The minimum atomic E-state index is 0.200. The zero-order valence-corrected chi connectivity index (χ0v) is 15.9. The van der Waals surface area contributed by atoms with Crippen LogP contribution in [-0.4, -0.2) is 36.5 Å². The first-order valence-corrected chi connectivity index (χ1v) is 10.3. The molecule has 1 aliphatic heterocycles. The van der Waals surface area contributed by atoms with Crippen molar-refractivity contribution in [1.29, 1.82) is 0 Å². The van der Waals surface area contributed by atoms with Crippen molar-refractivity contribution < 1.29 is 4.79 Å². The van der Waals surface area contributed by atoms with Crippen molar-refractivity contribution in [2.45, 2.75) is 63.8 Å². The van der Waals surface area contributed by atoms with Crippen LogP contribution in [0.15, 0.2) is 24.3 Å². The molecule has 2 aliphatic rings. The van der Waals surface area contributed by atoms with Crippen LogP contribution in [0.2, 0.25) is 5.02 Å². The van der Waals surface area contributed by atoms with E-state index in [0.717, 1.165) is 17.9 Å². The van der Waals surface area contributed by atoms with E-state index in [2.05, 4.69) is 10.2 Å². The molecule has 1 saturated carbocycles. The molecule has 138 valence electrons. The van der Waals surface area contributed by atoms with Crippen LogP contribution in [0.1, 0.15) is 56.9 Å². The van der Waals surface area contributed by atoms with Gasteiger partial charge in [0.1, 0.15) is 0 Å². The second-order valence-corrected chi connectivity index (χ2v) is 8.14. The molecule has 1 N–H and O–H groups in total. The fraction of sp³-hybridized carbons (Fsp3) is 0.667. The van der Waals surface area contributed by atoms with Gasteiger partial charge in [-0.3, -0.25) is 4.79 Å². The van der Waals surface area contributed by atoms with E-state index >= 15 is 0 Å². The first kappa shape index (κ1) is 18.7. The van der Waals surface area contributed by atoms with Crippen molar-refractivity contribution >= 4 is 17.5 Å². The maximum atomic E-state index is 12.4. The fourth-order valence-corrected chi connectivity index (χ4v) is 4.40. The molecule has 0 spiro atoms. The molecule has 0 bridgehead atoms. The molecule has 3 rings (SSSR count). The summed E-state index contributed by atoms with van der Waals surface area (Å²) >= 11 is 5.92. The Morgan fingerprint density at radius 1 is 1.04 bits per heavy atom. The Morgan fingerprint density at radius 2 is 1.76 bits per heavy atom. The molecule has 1 heterocycles. The number of hydrogen-bond donors (Lipinski definition) is 1. The smallest absolute Gasteiger partial charge is 0.220 e. The molecule has 25 heavy (non-hydrogen) atoms. The number of rotatable bonds is 6. The van der Waals surface area contributed by atoms with E-state index in [0.29, 0.717) is 18.4 Å². The fourth-order valence-electron chi connectivity index (χ4n) is 4.28. The molecule has 3 nitrogen and oxygen atoms in total. The normalized spacial score (nSPS) is 24.8. The molecule has 1 aromatic rings. The first-order valence-electron chi connectivity index (χ1n) is 9.97. The van der Waals surface area contributed by atoms with Crippen LogP contribution < -0.4 is 5.32 Å². The Labute approximate surface area is 157 Å². The summed E-state index contributed by atoms with van der Waals surface area (Å²) in [6, 6.07) is 8.17. The van der Waals surface area contributed by atoms with Crippen LogP contribution in [0.4, 0.5) is 0 Å². The van der Waals surface area contributed by atoms with Crippen LogP contribution >= 0.6 is 11.6 Å². The number of hydrogen-bond acceptors (Lipinski definition) is 2. The Morgan fingerprint density at radius 3 is 2.52 bits per heavy atom. The number of halogens is 1. The van der Waals surface area contributed by atoms with Gasteiger partial charge in [-0.05, 0) is 68.8 Å². The number of nitrogens with zero attached hydrogens (tertiary/aromatic N) is 1. The summed E-state index contributed by atoms with van der Waals surface area (Å²) in [5, 5.41) is 4.09. The van der Waals surface area contributed by atoms with Crippen molar-refractivity contribution in [3.8, 4) is 0 Å². The van der Waals surface area contributed by atoms with Gasteiger partial charge in [0.15, 0.2) is 0 Å². The average Bonchev–Trinajstić information content (AvgIpc) is 2.64. The van der Waals surface area contributed by atoms with E-state index in [1.54, 1.807) is 0 Å². The molecule has 0 radical (unpaired) electrons. The largest absolute Gasteiger partial charge is 0.353 e. The molecular formula is C21H31ClN2O. The highest BCUT2D eigenvalue weighted by Crippen LogP contribution is 2.26. The predicted molar refractivity (Wildman–Crippen MR) is 104 cm³/mol.